The highest BCUT2D eigenvalue weighted by Crippen LogP contribution is 2.52. The Morgan fingerprint density at radius 3 is 2.63 bits per heavy atom. The lowest BCUT2D eigenvalue weighted by Crippen LogP contribution is -2.34. The highest BCUT2D eigenvalue weighted by Gasteiger charge is 2.44. The number of fused-ring (bicyclic) bond motifs is 8. The molecule has 0 amide bonds. The van der Waals surface area contributed by atoms with E-state index in [0.717, 1.165) is 45.3 Å². The lowest BCUT2D eigenvalue weighted by Gasteiger charge is -2.37. The summed E-state index contributed by atoms with van der Waals surface area (Å²) in [6.07, 6.45) is -0.355. The molecular formula is C20H19NO6. The average molecular weight is 369 g/mol. The molecular weight excluding hydrogens is 350 g/mol. The van der Waals surface area contributed by atoms with Crippen LogP contribution in [0.15, 0.2) is 24.3 Å². The largest absolute Gasteiger partial charge is 0.454 e. The predicted octanol–water partition coefficient (Wildman–Crippen LogP) is 2.26. The molecule has 3 aliphatic heterocycles. The van der Waals surface area contributed by atoms with Gasteiger partial charge in [-0.1, -0.05) is 6.07 Å². The summed E-state index contributed by atoms with van der Waals surface area (Å²) in [6, 6.07) is 7.91. The summed E-state index contributed by atoms with van der Waals surface area (Å²) in [5, 5.41) is 12.9. The van der Waals surface area contributed by atoms with Gasteiger partial charge in [0.05, 0.1) is 12.6 Å². The van der Waals surface area contributed by atoms with Gasteiger partial charge in [-0.15, -0.1) is 0 Å². The smallest absolute Gasteiger partial charge is 0.231 e. The fourth-order valence-electron chi connectivity index (χ4n) is 4.66. The fourth-order valence-corrected chi connectivity index (χ4v) is 4.66. The monoisotopic (exact) mass is 369 g/mol. The number of hydrogen-bond acceptors (Lipinski definition) is 7. The van der Waals surface area contributed by atoms with Crippen LogP contribution in [0.25, 0.3) is 0 Å². The summed E-state index contributed by atoms with van der Waals surface area (Å²) in [6.45, 7) is 1.00. The summed E-state index contributed by atoms with van der Waals surface area (Å²) in [7, 11) is 1.90. The highest BCUT2D eigenvalue weighted by molar-refractivity contribution is 5.56. The van der Waals surface area contributed by atoms with Crippen LogP contribution in [-0.4, -0.2) is 36.9 Å². The number of aliphatic hydroxyl groups is 1. The maximum atomic E-state index is 11.1. The highest BCUT2D eigenvalue weighted by atomic mass is 16.7. The summed E-state index contributed by atoms with van der Waals surface area (Å²) in [5.41, 5.74) is 4.13. The van der Waals surface area contributed by atoms with E-state index >= 15 is 0 Å². The van der Waals surface area contributed by atoms with Crippen molar-refractivity contribution < 1.29 is 28.9 Å². The molecule has 0 saturated heterocycles. The first kappa shape index (κ1) is 15.6. The second-order valence-electron chi connectivity index (χ2n) is 7.38. The number of hydroxylamine groups is 2. The lowest BCUT2D eigenvalue weighted by atomic mass is 9.74. The summed E-state index contributed by atoms with van der Waals surface area (Å²) < 4.78 is 22.3. The number of aliphatic hydroxyl groups excluding tert-OH is 1. The Labute approximate surface area is 155 Å². The van der Waals surface area contributed by atoms with E-state index in [9.17, 15) is 5.11 Å². The Balaban J connectivity index is 1.53. The van der Waals surface area contributed by atoms with E-state index in [1.54, 1.807) is 5.06 Å². The summed E-state index contributed by atoms with van der Waals surface area (Å²) in [5.74, 6) is 2.75. The van der Waals surface area contributed by atoms with Crippen molar-refractivity contribution in [1.82, 2.24) is 5.06 Å². The van der Waals surface area contributed by atoms with Gasteiger partial charge in [0.15, 0.2) is 23.0 Å². The zero-order valence-corrected chi connectivity index (χ0v) is 14.8. The second kappa shape index (κ2) is 5.51. The van der Waals surface area contributed by atoms with Crippen LogP contribution in [0.4, 0.5) is 0 Å². The molecule has 0 radical (unpaired) electrons. The van der Waals surface area contributed by atoms with Crippen LogP contribution in [0.1, 0.15) is 34.3 Å². The van der Waals surface area contributed by atoms with Gasteiger partial charge in [-0.05, 0) is 41.3 Å². The Morgan fingerprint density at radius 2 is 1.74 bits per heavy atom. The third-order valence-electron chi connectivity index (χ3n) is 5.82. The summed E-state index contributed by atoms with van der Waals surface area (Å²) in [4.78, 5) is 6.29. The van der Waals surface area contributed by atoms with Gasteiger partial charge in [0.25, 0.3) is 0 Å². The van der Waals surface area contributed by atoms with Crippen molar-refractivity contribution in [3.63, 3.8) is 0 Å². The van der Waals surface area contributed by atoms with Crippen molar-refractivity contribution in [3.8, 4) is 23.0 Å². The molecule has 0 unspecified atom stereocenters. The van der Waals surface area contributed by atoms with Crippen molar-refractivity contribution in [1.29, 1.82) is 0 Å². The predicted molar refractivity (Wildman–Crippen MR) is 92.9 cm³/mol. The van der Waals surface area contributed by atoms with Crippen LogP contribution in [0.2, 0.25) is 0 Å². The lowest BCUT2D eigenvalue weighted by molar-refractivity contribution is -0.202. The molecule has 2 aromatic rings. The first-order chi connectivity index (χ1) is 13.2. The molecule has 0 fully saturated rings. The van der Waals surface area contributed by atoms with Gasteiger partial charge < -0.3 is 24.1 Å². The van der Waals surface area contributed by atoms with Crippen LogP contribution in [0.5, 0.6) is 23.0 Å². The number of nitrogens with zero attached hydrogens (tertiary/aromatic N) is 1. The number of hydrogen-bond donors (Lipinski definition) is 1. The molecule has 27 heavy (non-hydrogen) atoms. The van der Waals surface area contributed by atoms with E-state index in [0.29, 0.717) is 13.0 Å². The van der Waals surface area contributed by atoms with E-state index in [1.807, 2.05) is 31.3 Å². The molecule has 0 saturated carbocycles. The van der Waals surface area contributed by atoms with Crippen molar-refractivity contribution >= 4 is 0 Å². The van der Waals surface area contributed by atoms with Gasteiger partial charge in [-0.25, -0.2) is 0 Å². The molecule has 3 heterocycles. The molecule has 1 aliphatic carbocycles. The first-order valence-electron chi connectivity index (χ1n) is 9.09. The Morgan fingerprint density at radius 1 is 0.963 bits per heavy atom. The quantitative estimate of drug-likeness (QED) is 0.764. The van der Waals surface area contributed by atoms with Crippen molar-refractivity contribution in [2.45, 2.75) is 31.1 Å². The van der Waals surface area contributed by atoms with E-state index < -0.39 is 6.10 Å². The van der Waals surface area contributed by atoms with Gasteiger partial charge >= 0.3 is 0 Å². The summed E-state index contributed by atoms with van der Waals surface area (Å²) >= 11 is 0. The third kappa shape index (κ3) is 2.19. The molecule has 140 valence electrons. The minimum absolute atomic E-state index is 0.202. The molecule has 0 aromatic heterocycles. The molecule has 2 aromatic carbocycles. The van der Waals surface area contributed by atoms with Gasteiger partial charge in [-0.2, -0.15) is 5.06 Å². The van der Waals surface area contributed by atoms with Crippen molar-refractivity contribution in [2.75, 3.05) is 20.6 Å². The Bertz CT molecular complexity index is 945. The molecule has 7 heteroatoms. The topological polar surface area (TPSA) is 69.6 Å². The molecule has 3 atom stereocenters. The van der Waals surface area contributed by atoms with E-state index in [-0.39, 0.29) is 25.6 Å². The van der Waals surface area contributed by atoms with Crippen LogP contribution < -0.4 is 18.9 Å². The molecule has 0 spiro atoms. The minimum Gasteiger partial charge on any atom is -0.454 e. The normalized spacial score (nSPS) is 27.6. The number of rotatable bonds is 0. The Hall–Kier alpha value is -2.48. The zero-order chi connectivity index (χ0) is 18.1. The van der Waals surface area contributed by atoms with E-state index in [2.05, 4.69) is 0 Å². The van der Waals surface area contributed by atoms with Gasteiger partial charge in [0.1, 0.15) is 6.10 Å². The molecule has 7 nitrogen and oxygen atoms in total. The standard InChI is InChI=1S/C20H19NO6/c1-21-7-13-11(2-3-15-19(13)26-9-23-15)18-14(22)4-10-5-16-17(25-8-24-16)6-12(10)20(18)27-21/h2-3,5-6,14,18,20,22H,4,7-9H2,1H3/t14-,18-,20+/m0/s1. The van der Waals surface area contributed by atoms with Gasteiger partial charge in [0.2, 0.25) is 13.6 Å². The van der Waals surface area contributed by atoms with E-state index in [4.69, 9.17) is 23.8 Å². The van der Waals surface area contributed by atoms with Crippen LogP contribution in [0.3, 0.4) is 0 Å². The second-order valence-corrected chi connectivity index (χ2v) is 7.38. The number of ether oxygens (including phenoxy) is 4. The van der Waals surface area contributed by atoms with Crippen LogP contribution >= 0.6 is 0 Å². The molecule has 4 aliphatic rings. The fraction of sp³-hybridized carbons (Fsp3) is 0.400. The SMILES string of the molecule is CN1Cc2c(ccc3c2OCO3)[C@@H]2[C@H](O1)c1cc3c(cc1C[C@@H]2O)OCO3. The third-order valence-corrected chi connectivity index (χ3v) is 5.82. The van der Waals surface area contributed by atoms with Crippen LogP contribution in [-0.2, 0) is 17.8 Å². The van der Waals surface area contributed by atoms with Crippen molar-refractivity contribution in [3.05, 3.63) is 46.5 Å². The van der Waals surface area contributed by atoms with Crippen LogP contribution in [0, 0.1) is 0 Å². The zero-order valence-electron chi connectivity index (χ0n) is 14.8. The minimum atomic E-state index is -0.575. The number of benzene rings is 2. The molecule has 1 N–H and O–H groups in total. The van der Waals surface area contributed by atoms with Gasteiger partial charge in [-0.3, -0.25) is 4.84 Å². The first-order valence-corrected chi connectivity index (χ1v) is 9.09. The average Bonchev–Trinajstić information content (AvgIpc) is 3.27. The maximum absolute atomic E-state index is 11.1. The molecule has 6 rings (SSSR count). The molecule has 0 bridgehead atoms. The maximum Gasteiger partial charge on any atom is 0.231 e. The van der Waals surface area contributed by atoms with Gasteiger partial charge in [0, 0.05) is 18.5 Å². The van der Waals surface area contributed by atoms with E-state index in [1.165, 1.54) is 0 Å². The van der Waals surface area contributed by atoms with Crippen molar-refractivity contribution in [2.24, 2.45) is 0 Å². The Kier molecular flexibility index (Phi) is 3.18.